The highest BCUT2D eigenvalue weighted by atomic mass is 16.5. The molecule has 4 aromatic rings. The Labute approximate surface area is 187 Å². The van der Waals surface area contributed by atoms with Crippen LogP contribution in [0.4, 0.5) is 0 Å². The van der Waals surface area contributed by atoms with E-state index < -0.39 is 0 Å². The van der Waals surface area contributed by atoms with Crippen LogP contribution in [-0.4, -0.2) is 15.6 Å². The number of nitrogens with one attached hydrogen (secondary N) is 1. The summed E-state index contributed by atoms with van der Waals surface area (Å²) in [7, 11) is 0. The summed E-state index contributed by atoms with van der Waals surface area (Å²) in [6.07, 6.45) is 3.99. The van der Waals surface area contributed by atoms with Gasteiger partial charge in [-0.2, -0.15) is 0 Å². The molecule has 0 bridgehead atoms. The van der Waals surface area contributed by atoms with Crippen molar-refractivity contribution in [3.63, 3.8) is 0 Å². The van der Waals surface area contributed by atoms with Gasteiger partial charge in [-0.1, -0.05) is 35.5 Å². The number of rotatable bonds is 7. The monoisotopic (exact) mass is 429 g/mol. The van der Waals surface area contributed by atoms with Crippen LogP contribution in [0.3, 0.4) is 0 Å². The molecule has 1 amide bonds. The molecule has 0 aliphatic rings. The molecule has 0 aliphatic carbocycles. The lowest BCUT2D eigenvalue weighted by Crippen LogP contribution is -2.28. The lowest BCUT2D eigenvalue weighted by molar-refractivity contribution is 0.0928. The summed E-state index contributed by atoms with van der Waals surface area (Å²) < 4.78 is 13.4. The Hall–Kier alpha value is -3.80. The molecule has 32 heavy (non-hydrogen) atoms. The van der Waals surface area contributed by atoms with Crippen molar-refractivity contribution in [3.05, 3.63) is 101 Å². The quantitative estimate of drug-likeness (QED) is 0.423. The molecule has 0 fully saturated rings. The predicted octanol–water partition coefficient (Wildman–Crippen LogP) is 5.46. The van der Waals surface area contributed by atoms with E-state index in [1.165, 1.54) is 0 Å². The average molecular weight is 430 g/mol. The fourth-order valence-corrected chi connectivity index (χ4v) is 3.70. The molecule has 2 aromatic heterocycles. The Bertz CT molecular complexity index is 1190. The number of hydrogen-bond donors (Lipinski definition) is 1. The summed E-state index contributed by atoms with van der Waals surface area (Å²) >= 11 is 0. The zero-order valence-corrected chi connectivity index (χ0v) is 18.8. The minimum atomic E-state index is -0.288. The molecule has 0 radical (unpaired) electrons. The number of carbonyl (C=O) groups excluding carboxylic acids is 1. The zero-order valence-electron chi connectivity index (χ0n) is 18.8. The number of ether oxygens (including phenoxy) is 1. The maximum absolute atomic E-state index is 13.0. The molecule has 164 valence electrons. The third kappa shape index (κ3) is 4.44. The highest BCUT2D eigenvalue weighted by Crippen LogP contribution is 2.25. The fourth-order valence-electron chi connectivity index (χ4n) is 3.70. The fraction of sp³-hybridized carbons (Fsp3) is 0.231. The number of hydrogen-bond acceptors (Lipinski definition) is 4. The van der Waals surface area contributed by atoms with Gasteiger partial charge in [-0.15, -0.1) is 0 Å². The maximum Gasteiger partial charge on any atom is 0.274 e. The van der Waals surface area contributed by atoms with Crippen LogP contribution in [0.2, 0.25) is 0 Å². The third-order valence-corrected chi connectivity index (χ3v) is 5.61. The van der Waals surface area contributed by atoms with Crippen LogP contribution in [0.15, 0.2) is 71.5 Å². The number of amides is 1. The SMILES string of the molecule is Cc1cccc(C)c1OCc1c(C(=O)NC(C)c2ccc(-n3cccc3)cc2)noc1C. The van der Waals surface area contributed by atoms with Gasteiger partial charge in [0.1, 0.15) is 18.1 Å². The van der Waals surface area contributed by atoms with Crippen LogP contribution in [0.25, 0.3) is 5.69 Å². The molecule has 0 spiro atoms. The molecule has 6 heteroatoms. The van der Waals surface area contributed by atoms with E-state index in [1.807, 2.05) is 92.3 Å². The van der Waals surface area contributed by atoms with E-state index in [-0.39, 0.29) is 24.2 Å². The largest absolute Gasteiger partial charge is 0.488 e. The Morgan fingerprint density at radius 1 is 1.03 bits per heavy atom. The normalized spacial score (nSPS) is 11.9. The minimum absolute atomic E-state index is 0.189. The summed E-state index contributed by atoms with van der Waals surface area (Å²) in [6, 6.07) is 17.9. The highest BCUT2D eigenvalue weighted by molar-refractivity contribution is 5.94. The third-order valence-electron chi connectivity index (χ3n) is 5.61. The Morgan fingerprint density at radius 2 is 1.69 bits per heavy atom. The van der Waals surface area contributed by atoms with Crippen molar-refractivity contribution >= 4 is 5.91 Å². The van der Waals surface area contributed by atoms with E-state index >= 15 is 0 Å². The second kappa shape index (κ2) is 9.14. The van der Waals surface area contributed by atoms with E-state index in [0.29, 0.717) is 11.3 Å². The van der Waals surface area contributed by atoms with Crippen molar-refractivity contribution in [2.24, 2.45) is 0 Å². The van der Waals surface area contributed by atoms with Crippen LogP contribution in [0.5, 0.6) is 5.75 Å². The van der Waals surface area contributed by atoms with Gasteiger partial charge in [0.25, 0.3) is 5.91 Å². The first kappa shape index (κ1) is 21.4. The standard InChI is InChI=1S/C26H27N3O3/c1-17-8-7-9-18(2)25(17)31-16-23-20(4)32-28-24(23)26(30)27-19(3)21-10-12-22(13-11-21)29-14-5-6-15-29/h5-15,19H,16H2,1-4H3,(H,27,30). The first-order valence-corrected chi connectivity index (χ1v) is 10.6. The van der Waals surface area contributed by atoms with E-state index in [4.69, 9.17) is 9.26 Å². The molecule has 1 unspecified atom stereocenters. The van der Waals surface area contributed by atoms with Crippen LogP contribution in [0.1, 0.15) is 51.5 Å². The van der Waals surface area contributed by atoms with Crippen molar-refractivity contribution in [1.82, 2.24) is 15.0 Å². The van der Waals surface area contributed by atoms with E-state index in [1.54, 1.807) is 6.92 Å². The van der Waals surface area contributed by atoms with Gasteiger partial charge < -0.3 is 19.1 Å². The van der Waals surface area contributed by atoms with Gasteiger partial charge in [-0.05, 0) is 68.7 Å². The first-order valence-electron chi connectivity index (χ1n) is 10.6. The summed E-state index contributed by atoms with van der Waals surface area (Å²) in [6.45, 7) is 7.95. The number of carbonyl (C=O) groups is 1. The Balaban J connectivity index is 1.45. The number of aromatic nitrogens is 2. The number of benzene rings is 2. The maximum atomic E-state index is 13.0. The lowest BCUT2D eigenvalue weighted by atomic mass is 10.1. The summed E-state index contributed by atoms with van der Waals surface area (Å²) in [5, 5.41) is 7.01. The van der Waals surface area contributed by atoms with Crippen molar-refractivity contribution in [1.29, 1.82) is 0 Å². The lowest BCUT2D eigenvalue weighted by Gasteiger charge is -2.15. The minimum Gasteiger partial charge on any atom is -0.488 e. The van der Waals surface area contributed by atoms with Gasteiger partial charge in [0, 0.05) is 18.1 Å². The van der Waals surface area contributed by atoms with Crippen LogP contribution in [0, 0.1) is 20.8 Å². The average Bonchev–Trinajstić information content (AvgIpc) is 3.44. The molecule has 4 rings (SSSR count). The summed E-state index contributed by atoms with van der Waals surface area (Å²) in [5.41, 5.74) is 5.06. The van der Waals surface area contributed by atoms with Crippen molar-refractivity contribution in [2.45, 2.75) is 40.3 Å². The van der Waals surface area contributed by atoms with Crippen LogP contribution in [-0.2, 0) is 6.61 Å². The van der Waals surface area contributed by atoms with Gasteiger partial charge in [0.05, 0.1) is 11.6 Å². The summed E-state index contributed by atoms with van der Waals surface area (Å²) in [5.74, 6) is 1.10. The van der Waals surface area contributed by atoms with Crippen LogP contribution >= 0.6 is 0 Å². The second-order valence-electron chi connectivity index (χ2n) is 7.95. The first-order chi connectivity index (χ1) is 15.4. The smallest absolute Gasteiger partial charge is 0.274 e. The molecule has 2 aromatic carbocycles. The second-order valence-corrected chi connectivity index (χ2v) is 7.95. The van der Waals surface area contributed by atoms with Gasteiger partial charge in [0.15, 0.2) is 5.69 Å². The van der Waals surface area contributed by atoms with Gasteiger partial charge >= 0.3 is 0 Å². The topological polar surface area (TPSA) is 69.3 Å². The Kier molecular flexibility index (Phi) is 6.12. The highest BCUT2D eigenvalue weighted by Gasteiger charge is 2.22. The van der Waals surface area contributed by atoms with Gasteiger partial charge in [0.2, 0.25) is 0 Å². The predicted molar refractivity (Wildman–Crippen MR) is 123 cm³/mol. The van der Waals surface area contributed by atoms with Crippen molar-refractivity contribution < 1.29 is 14.1 Å². The molecular weight excluding hydrogens is 402 g/mol. The summed E-state index contributed by atoms with van der Waals surface area (Å²) in [4.78, 5) is 13.0. The zero-order chi connectivity index (χ0) is 22.7. The number of nitrogens with zero attached hydrogens (tertiary/aromatic N) is 2. The Morgan fingerprint density at radius 3 is 2.34 bits per heavy atom. The van der Waals surface area contributed by atoms with E-state index in [9.17, 15) is 4.79 Å². The molecular formula is C26H27N3O3. The molecule has 0 saturated carbocycles. The molecule has 0 saturated heterocycles. The van der Waals surface area contributed by atoms with Crippen molar-refractivity contribution in [3.8, 4) is 11.4 Å². The van der Waals surface area contributed by atoms with Crippen molar-refractivity contribution in [2.75, 3.05) is 0 Å². The molecule has 2 heterocycles. The van der Waals surface area contributed by atoms with Gasteiger partial charge in [-0.25, -0.2) is 0 Å². The van der Waals surface area contributed by atoms with E-state index in [0.717, 1.165) is 28.1 Å². The number of aryl methyl sites for hydroxylation is 3. The van der Waals surface area contributed by atoms with Gasteiger partial charge in [-0.3, -0.25) is 4.79 Å². The molecule has 0 aliphatic heterocycles. The molecule has 1 N–H and O–H groups in total. The molecule has 1 atom stereocenters. The van der Waals surface area contributed by atoms with E-state index in [2.05, 4.69) is 10.5 Å². The number of para-hydroxylation sites is 1. The molecule has 6 nitrogen and oxygen atoms in total. The van der Waals surface area contributed by atoms with Crippen LogP contribution < -0.4 is 10.1 Å².